The zero-order valence-electron chi connectivity index (χ0n) is 17.7. The number of carbonyl (C=O) groups excluding carboxylic acids is 1. The quantitative estimate of drug-likeness (QED) is 0.700. The molecule has 5 rings (SSSR count). The Morgan fingerprint density at radius 3 is 2.71 bits per heavy atom. The second-order valence-electron chi connectivity index (χ2n) is 8.54. The van der Waals surface area contributed by atoms with Gasteiger partial charge in [0.1, 0.15) is 5.75 Å². The smallest absolute Gasteiger partial charge is 0.260 e. The highest BCUT2D eigenvalue weighted by molar-refractivity contribution is 5.98. The zero-order valence-corrected chi connectivity index (χ0v) is 17.7. The Morgan fingerprint density at radius 1 is 1.16 bits per heavy atom. The van der Waals surface area contributed by atoms with Crippen molar-refractivity contribution in [1.82, 2.24) is 14.7 Å². The van der Waals surface area contributed by atoms with Crippen molar-refractivity contribution < 1.29 is 14.6 Å². The van der Waals surface area contributed by atoms with E-state index in [1.54, 1.807) is 11.1 Å². The molecule has 2 aliphatic rings. The molecule has 6 nitrogen and oxygen atoms in total. The molecule has 2 aromatic carbocycles. The number of aliphatic hydroxyl groups is 1. The Kier molecular flexibility index (Phi) is 5.24. The third kappa shape index (κ3) is 3.83. The van der Waals surface area contributed by atoms with Crippen LogP contribution in [0.2, 0.25) is 0 Å². The van der Waals surface area contributed by atoms with Crippen LogP contribution >= 0.6 is 0 Å². The van der Waals surface area contributed by atoms with Crippen molar-refractivity contribution in [3.63, 3.8) is 0 Å². The van der Waals surface area contributed by atoms with Gasteiger partial charge in [0.25, 0.3) is 5.91 Å². The van der Waals surface area contributed by atoms with Crippen LogP contribution in [-0.4, -0.2) is 44.6 Å². The van der Waals surface area contributed by atoms with Gasteiger partial charge >= 0.3 is 0 Å². The lowest BCUT2D eigenvalue weighted by Crippen LogP contribution is -2.51. The fraction of sp³-hybridized carbons (Fsp3) is 0.360. The van der Waals surface area contributed by atoms with E-state index >= 15 is 0 Å². The van der Waals surface area contributed by atoms with Crippen LogP contribution in [0.5, 0.6) is 5.75 Å². The summed E-state index contributed by atoms with van der Waals surface area (Å²) < 4.78 is 7.77. The molecule has 3 aromatic rings. The van der Waals surface area contributed by atoms with Gasteiger partial charge in [-0.2, -0.15) is 5.10 Å². The maximum atomic E-state index is 13.3. The number of carbonyl (C=O) groups is 1. The Labute approximate surface area is 182 Å². The Balaban J connectivity index is 1.38. The van der Waals surface area contributed by atoms with Crippen LogP contribution in [0, 0.1) is 6.92 Å². The molecule has 1 amide bonds. The molecule has 1 N–H and O–H groups in total. The summed E-state index contributed by atoms with van der Waals surface area (Å²) in [7, 11) is 0. The number of aliphatic hydroxyl groups excluding tert-OH is 1. The van der Waals surface area contributed by atoms with Gasteiger partial charge in [-0.15, -0.1) is 0 Å². The lowest BCUT2D eigenvalue weighted by atomic mass is 9.90. The van der Waals surface area contributed by atoms with E-state index in [1.807, 2.05) is 29.1 Å². The predicted octanol–water partition coefficient (Wildman–Crippen LogP) is 3.87. The Morgan fingerprint density at radius 2 is 1.97 bits per heavy atom. The summed E-state index contributed by atoms with van der Waals surface area (Å²) in [5, 5.41) is 14.7. The molecule has 0 saturated heterocycles. The second kappa shape index (κ2) is 8.19. The van der Waals surface area contributed by atoms with Crippen molar-refractivity contribution in [3.8, 4) is 11.4 Å². The van der Waals surface area contributed by atoms with E-state index in [9.17, 15) is 9.90 Å². The third-order valence-corrected chi connectivity index (χ3v) is 6.48. The third-order valence-electron chi connectivity index (χ3n) is 6.48. The summed E-state index contributed by atoms with van der Waals surface area (Å²) >= 11 is 0. The lowest BCUT2D eigenvalue weighted by molar-refractivity contribution is -0.0124. The summed E-state index contributed by atoms with van der Waals surface area (Å²) in [5.74, 6) is 0.601. The van der Waals surface area contributed by atoms with E-state index in [1.165, 1.54) is 5.56 Å². The molecule has 2 heterocycles. The standard InChI is InChI=1S/C25H27N3O3/c1-17-13-24-21(25(30)27(16-31-24)22-5-2-3-6-23(22)29)15-19(17)14-18-7-9-20(10-8-18)28-12-4-11-26-28/h4,7-13,15,22-23,29H,2-3,5-6,14,16H2,1H3. The molecule has 160 valence electrons. The fourth-order valence-corrected chi connectivity index (χ4v) is 4.67. The highest BCUT2D eigenvalue weighted by Crippen LogP contribution is 2.33. The van der Waals surface area contributed by atoms with Crippen LogP contribution < -0.4 is 4.74 Å². The van der Waals surface area contributed by atoms with Crippen LogP contribution in [0.4, 0.5) is 0 Å². The molecule has 1 fully saturated rings. The first-order valence-corrected chi connectivity index (χ1v) is 10.9. The maximum Gasteiger partial charge on any atom is 0.260 e. The van der Waals surface area contributed by atoms with E-state index in [0.717, 1.165) is 48.9 Å². The molecule has 1 aromatic heterocycles. The lowest BCUT2D eigenvalue weighted by Gasteiger charge is -2.39. The minimum Gasteiger partial charge on any atom is -0.472 e. The van der Waals surface area contributed by atoms with Gasteiger partial charge in [-0.3, -0.25) is 9.69 Å². The number of benzene rings is 2. The molecular formula is C25H27N3O3. The van der Waals surface area contributed by atoms with Crippen LogP contribution in [-0.2, 0) is 6.42 Å². The minimum absolute atomic E-state index is 0.0394. The summed E-state index contributed by atoms with van der Waals surface area (Å²) in [6, 6.07) is 14.0. The first-order chi connectivity index (χ1) is 15.1. The van der Waals surface area contributed by atoms with Gasteiger partial charge in [0.2, 0.25) is 0 Å². The largest absolute Gasteiger partial charge is 0.472 e. The van der Waals surface area contributed by atoms with Crippen molar-refractivity contribution >= 4 is 5.91 Å². The molecule has 6 heteroatoms. The number of aryl methyl sites for hydroxylation is 1. The van der Waals surface area contributed by atoms with Gasteiger partial charge in [0, 0.05) is 12.4 Å². The number of ether oxygens (including phenoxy) is 1. The Hall–Kier alpha value is -3.12. The average molecular weight is 418 g/mol. The van der Waals surface area contributed by atoms with Crippen molar-refractivity contribution in [2.24, 2.45) is 0 Å². The van der Waals surface area contributed by atoms with Gasteiger partial charge in [-0.25, -0.2) is 4.68 Å². The number of aromatic nitrogens is 2. The number of nitrogens with zero attached hydrogens (tertiary/aromatic N) is 3. The van der Waals surface area contributed by atoms with Crippen molar-refractivity contribution in [2.75, 3.05) is 6.73 Å². The van der Waals surface area contributed by atoms with E-state index < -0.39 is 6.10 Å². The molecule has 0 radical (unpaired) electrons. The topological polar surface area (TPSA) is 67.6 Å². The molecule has 1 saturated carbocycles. The molecule has 2 unspecified atom stereocenters. The van der Waals surface area contributed by atoms with E-state index in [-0.39, 0.29) is 18.7 Å². The predicted molar refractivity (Wildman–Crippen MR) is 117 cm³/mol. The monoisotopic (exact) mass is 417 g/mol. The number of amides is 1. The van der Waals surface area contributed by atoms with Crippen LogP contribution in [0.3, 0.4) is 0 Å². The minimum atomic E-state index is -0.471. The Bertz CT molecular complexity index is 1080. The summed E-state index contributed by atoms with van der Waals surface area (Å²) in [6.45, 7) is 2.26. The van der Waals surface area contributed by atoms with Gasteiger partial charge in [0.15, 0.2) is 6.73 Å². The molecule has 0 spiro atoms. The second-order valence-corrected chi connectivity index (χ2v) is 8.54. The number of rotatable bonds is 4. The van der Waals surface area contributed by atoms with E-state index in [4.69, 9.17) is 4.74 Å². The van der Waals surface area contributed by atoms with Gasteiger partial charge in [0.05, 0.1) is 23.4 Å². The first kappa shape index (κ1) is 19.8. The van der Waals surface area contributed by atoms with Crippen LogP contribution in [0.15, 0.2) is 54.9 Å². The fourth-order valence-electron chi connectivity index (χ4n) is 4.67. The SMILES string of the molecule is Cc1cc2c(cc1Cc1ccc(-n3cccn3)cc1)C(=O)N(C1CCCCC1O)CO2. The van der Waals surface area contributed by atoms with Crippen molar-refractivity contribution in [3.05, 3.63) is 77.1 Å². The molecule has 31 heavy (non-hydrogen) atoms. The number of fused-ring (bicyclic) bond motifs is 1. The van der Waals surface area contributed by atoms with E-state index in [0.29, 0.717) is 11.3 Å². The highest BCUT2D eigenvalue weighted by atomic mass is 16.5. The summed E-state index contributed by atoms with van der Waals surface area (Å²) in [6.07, 6.45) is 7.56. The van der Waals surface area contributed by atoms with Crippen LogP contribution in [0.25, 0.3) is 5.69 Å². The first-order valence-electron chi connectivity index (χ1n) is 10.9. The van der Waals surface area contributed by atoms with Crippen molar-refractivity contribution in [2.45, 2.75) is 51.2 Å². The van der Waals surface area contributed by atoms with E-state index in [2.05, 4.69) is 36.3 Å². The summed E-state index contributed by atoms with van der Waals surface area (Å²) in [5.41, 5.74) is 4.99. The number of hydrogen-bond donors (Lipinski definition) is 1. The summed E-state index contributed by atoms with van der Waals surface area (Å²) in [4.78, 5) is 15.0. The average Bonchev–Trinajstić information content (AvgIpc) is 3.31. The molecular weight excluding hydrogens is 390 g/mol. The van der Waals surface area contributed by atoms with Gasteiger partial charge < -0.3 is 9.84 Å². The molecule has 2 atom stereocenters. The molecule has 0 bridgehead atoms. The van der Waals surface area contributed by atoms with Crippen LogP contribution in [0.1, 0.15) is 52.7 Å². The molecule has 1 aliphatic carbocycles. The molecule has 1 aliphatic heterocycles. The highest BCUT2D eigenvalue weighted by Gasteiger charge is 2.36. The number of hydrogen-bond acceptors (Lipinski definition) is 4. The maximum absolute atomic E-state index is 13.3. The van der Waals surface area contributed by atoms with Gasteiger partial charge in [-0.1, -0.05) is 25.0 Å². The van der Waals surface area contributed by atoms with Gasteiger partial charge in [-0.05, 0) is 73.2 Å². The zero-order chi connectivity index (χ0) is 21.4. The van der Waals surface area contributed by atoms with Crippen molar-refractivity contribution in [1.29, 1.82) is 0 Å². The normalized spacial score (nSPS) is 21.0.